The molecule has 0 radical (unpaired) electrons. The molecule has 0 aliphatic heterocycles. The third-order valence-electron chi connectivity index (χ3n) is 3.99. The summed E-state index contributed by atoms with van der Waals surface area (Å²) >= 11 is 2.14. The van der Waals surface area contributed by atoms with Gasteiger partial charge in [-0.25, -0.2) is 12.5 Å². The lowest BCUT2D eigenvalue weighted by atomic mass is 10.0. The maximum atomic E-state index is 11.9. The van der Waals surface area contributed by atoms with Gasteiger partial charge in [0.05, 0.1) is 0 Å². The van der Waals surface area contributed by atoms with Crippen LogP contribution in [0.15, 0.2) is 0 Å². The second-order valence-corrected chi connectivity index (χ2v) is 9.29. The van der Waals surface area contributed by atoms with Gasteiger partial charge in [-0.15, -0.1) is 0 Å². The van der Waals surface area contributed by atoms with Gasteiger partial charge in [-0.3, -0.25) is 0 Å². The maximum absolute atomic E-state index is 11.9. The Balaban J connectivity index is 3.92. The van der Waals surface area contributed by atoms with Crippen molar-refractivity contribution in [3.63, 3.8) is 0 Å². The van der Waals surface area contributed by atoms with Crippen molar-refractivity contribution in [1.82, 2.24) is 0 Å². The molecule has 0 bridgehead atoms. The molecule has 2 unspecified atom stereocenters. The minimum Gasteiger partial charge on any atom is -0.301 e. The van der Waals surface area contributed by atoms with E-state index in [1.807, 2.05) is 0 Å². The molecule has 0 aromatic heterocycles. The van der Waals surface area contributed by atoms with Crippen LogP contribution >= 0.6 is 31.9 Å². The molecule has 0 aromatic carbocycles. The lowest BCUT2D eigenvalue weighted by Crippen LogP contribution is -2.03. The Morgan fingerprint density at radius 3 is 1.57 bits per heavy atom. The third-order valence-corrected chi connectivity index (χ3v) is 7.55. The molecular weight excluding hydrogens is 351 g/mol. The third kappa shape index (κ3) is 13.7. The van der Waals surface area contributed by atoms with E-state index in [0.29, 0.717) is 11.8 Å². The van der Waals surface area contributed by atoms with Gasteiger partial charge in [0, 0.05) is 35.6 Å². The molecule has 0 fully saturated rings. The van der Waals surface area contributed by atoms with Crippen molar-refractivity contribution < 1.29 is 17.4 Å². The molecular formula is C16H35O4PS2. The van der Waals surface area contributed by atoms with Crippen molar-refractivity contribution in [3.05, 3.63) is 0 Å². The summed E-state index contributed by atoms with van der Waals surface area (Å²) < 4.78 is 21.9. The molecule has 0 rings (SSSR count). The Kier molecular flexibility index (Phi) is 15.6. The number of hydrogen-bond donors (Lipinski definition) is 1. The first kappa shape index (κ1) is 23.8. The van der Waals surface area contributed by atoms with E-state index in [1.165, 1.54) is 25.7 Å². The molecule has 140 valence electrons. The Labute approximate surface area is 151 Å². The number of phosphoric acid groups is 1. The van der Waals surface area contributed by atoms with Crippen molar-refractivity contribution >= 4 is 31.9 Å². The van der Waals surface area contributed by atoms with Crippen LogP contribution in [-0.2, 0) is 12.5 Å². The van der Waals surface area contributed by atoms with E-state index in [1.54, 1.807) is 0 Å². The quantitative estimate of drug-likeness (QED) is 0.231. The van der Waals surface area contributed by atoms with Crippen LogP contribution in [0.3, 0.4) is 0 Å². The molecule has 0 heterocycles. The van der Waals surface area contributed by atoms with Crippen molar-refractivity contribution in [3.8, 4) is 0 Å². The van der Waals surface area contributed by atoms with Crippen LogP contribution in [0.4, 0.5) is 0 Å². The molecule has 0 aliphatic rings. The molecule has 2 atom stereocenters. The lowest BCUT2D eigenvalue weighted by molar-refractivity contribution is 0.321. The molecule has 1 N–H and O–H groups in total. The van der Waals surface area contributed by atoms with Crippen molar-refractivity contribution in [2.24, 2.45) is 11.8 Å². The Hall–Kier alpha value is 0.810. The first-order chi connectivity index (χ1) is 11.0. The maximum Gasteiger partial charge on any atom is 0.494 e. The summed E-state index contributed by atoms with van der Waals surface area (Å²) in [5, 5.41) is 0. The summed E-state index contributed by atoms with van der Waals surface area (Å²) in [6, 6.07) is 0. The summed E-state index contributed by atoms with van der Waals surface area (Å²) in [4.78, 5) is 9.71. The van der Waals surface area contributed by atoms with Gasteiger partial charge in [0.2, 0.25) is 0 Å². The fraction of sp³-hybridized carbons (Fsp3) is 1.00. The fourth-order valence-corrected chi connectivity index (χ4v) is 5.26. The van der Waals surface area contributed by atoms with Crippen LogP contribution in [0, 0.1) is 11.8 Å². The molecule has 23 heavy (non-hydrogen) atoms. The van der Waals surface area contributed by atoms with Gasteiger partial charge in [-0.1, -0.05) is 66.2 Å². The molecule has 0 saturated carbocycles. The van der Waals surface area contributed by atoms with Crippen LogP contribution in [0.1, 0.15) is 79.1 Å². The molecule has 7 heteroatoms. The summed E-state index contributed by atoms with van der Waals surface area (Å²) in [6.45, 7) is 8.64. The molecule has 0 aliphatic carbocycles. The predicted molar refractivity (Wildman–Crippen MR) is 104 cm³/mol. The highest BCUT2D eigenvalue weighted by Crippen LogP contribution is 2.51. The largest absolute Gasteiger partial charge is 0.494 e. The predicted octanol–water partition coefficient (Wildman–Crippen LogP) is 6.85. The molecule has 0 saturated heterocycles. The van der Waals surface area contributed by atoms with Gasteiger partial charge in [-0.2, -0.15) is 0 Å². The Morgan fingerprint density at radius 1 is 0.870 bits per heavy atom. The number of hydrogen-bond acceptors (Lipinski definition) is 5. The van der Waals surface area contributed by atoms with E-state index in [-0.39, 0.29) is 0 Å². The minimum atomic E-state index is -3.95. The summed E-state index contributed by atoms with van der Waals surface area (Å²) in [5.41, 5.74) is 0. The molecule has 4 nitrogen and oxygen atoms in total. The van der Waals surface area contributed by atoms with E-state index in [0.717, 1.165) is 61.3 Å². The van der Waals surface area contributed by atoms with Crippen LogP contribution < -0.4 is 0 Å². The van der Waals surface area contributed by atoms with Crippen LogP contribution in [0.5, 0.6) is 0 Å². The normalized spacial score (nSPS) is 16.9. The van der Waals surface area contributed by atoms with Crippen LogP contribution in [-0.4, -0.2) is 16.4 Å². The van der Waals surface area contributed by atoms with Gasteiger partial charge >= 0.3 is 7.82 Å². The highest BCUT2D eigenvalue weighted by molar-refractivity contribution is 8.01. The Bertz CT molecular complexity index is 292. The SMILES string of the molecule is CCCCC(CC)CSOP(=O)(O)OSCC(CC)CCCC. The molecule has 0 aromatic rings. The molecule has 0 spiro atoms. The standard InChI is InChI=1S/C16H35O4PS2/c1-5-9-11-15(7-3)13-22-19-21(17,18)20-23-14-16(8-4)12-10-6-2/h15-16H,5-14H2,1-4H3,(H,17,18). The highest BCUT2D eigenvalue weighted by Gasteiger charge is 2.24. The number of rotatable bonds is 16. The first-order valence-corrected chi connectivity index (χ1v) is 12.3. The van der Waals surface area contributed by atoms with Crippen LogP contribution in [0.2, 0.25) is 0 Å². The second kappa shape index (κ2) is 15.1. The Morgan fingerprint density at radius 2 is 1.26 bits per heavy atom. The highest BCUT2D eigenvalue weighted by atomic mass is 32.2. The zero-order valence-electron chi connectivity index (χ0n) is 15.2. The van der Waals surface area contributed by atoms with E-state index >= 15 is 0 Å². The zero-order chi connectivity index (χ0) is 17.6. The zero-order valence-corrected chi connectivity index (χ0v) is 17.7. The van der Waals surface area contributed by atoms with Crippen molar-refractivity contribution in [2.45, 2.75) is 79.1 Å². The number of unbranched alkanes of at least 4 members (excludes halogenated alkanes) is 2. The van der Waals surface area contributed by atoms with Gasteiger partial charge in [-0.05, 0) is 24.7 Å². The topological polar surface area (TPSA) is 55.8 Å². The average Bonchev–Trinajstić information content (AvgIpc) is 2.53. The second-order valence-electron chi connectivity index (χ2n) is 6.02. The van der Waals surface area contributed by atoms with Crippen molar-refractivity contribution in [1.29, 1.82) is 0 Å². The summed E-state index contributed by atoms with van der Waals surface area (Å²) in [6.07, 6.45) is 9.16. The fourth-order valence-electron chi connectivity index (χ4n) is 2.20. The smallest absolute Gasteiger partial charge is 0.301 e. The van der Waals surface area contributed by atoms with Gasteiger partial charge in [0.15, 0.2) is 0 Å². The summed E-state index contributed by atoms with van der Waals surface area (Å²) in [7, 11) is -3.95. The van der Waals surface area contributed by atoms with Gasteiger partial charge in [0.1, 0.15) is 0 Å². The summed E-state index contributed by atoms with van der Waals surface area (Å²) in [5.74, 6) is 2.55. The lowest BCUT2D eigenvalue weighted by Gasteiger charge is -2.16. The monoisotopic (exact) mass is 386 g/mol. The van der Waals surface area contributed by atoms with E-state index in [4.69, 9.17) is 7.94 Å². The minimum absolute atomic E-state index is 0.533. The van der Waals surface area contributed by atoms with E-state index in [2.05, 4.69) is 27.7 Å². The van der Waals surface area contributed by atoms with Crippen molar-refractivity contribution in [2.75, 3.05) is 11.5 Å². The van der Waals surface area contributed by atoms with Gasteiger partial charge in [0.25, 0.3) is 0 Å². The van der Waals surface area contributed by atoms with Crippen LogP contribution in [0.25, 0.3) is 0 Å². The average molecular weight is 387 g/mol. The van der Waals surface area contributed by atoms with E-state index in [9.17, 15) is 9.46 Å². The first-order valence-electron chi connectivity index (χ1n) is 8.94. The molecule has 0 amide bonds. The van der Waals surface area contributed by atoms with Gasteiger partial charge < -0.3 is 4.89 Å². The van der Waals surface area contributed by atoms with E-state index < -0.39 is 7.82 Å².